The van der Waals surface area contributed by atoms with Crippen LogP contribution in [0.1, 0.15) is 48.3 Å². The molecule has 1 aromatic heterocycles. The highest BCUT2D eigenvalue weighted by Gasteiger charge is 2.29. The second-order valence-corrected chi connectivity index (χ2v) is 6.23. The van der Waals surface area contributed by atoms with Crippen molar-refractivity contribution in [2.45, 2.75) is 45.2 Å². The molecule has 1 aromatic carbocycles. The van der Waals surface area contributed by atoms with Gasteiger partial charge >= 0.3 is 0 Å². The molecule has 0 bridgehead atoms. The van der Waals surface area contributed by atoms with Gasteiger partial charge in [-0.3, -0.25) is 4.79 Å². The molecule has 1 aliphatic rings. The highest BCUT2D eigenvalue weighted by Crippen LogP contribution is 2.24. The van der Waals surface area contributed by atoms with Crippen molar-refractivity contribution in [3.8, 4) is 0 Å². The van der Waals surface area contributed by atoms with Crippen LogP contribution in [0.4, 0.5) is 5.69 Å². The lowest BCUT2D eigenvalue weighted by molar-refractivity contribution is 0.0678. The zero-order chi connectivity index (χ0) is 17.6. The van der Waals surface area contributed by atoms with E-state index in [4.69, 9.17) is 4.52 Å². The SMILES string of the molecule is CCCc1nc(CNc2ccccc2C(=O)N2CCC[C@@H]2CO)no1. The quantitative estimate of drug-likeness (QED) is 0.800. The lowest BCUT2D eigenvalue weighted by Gasteiger charge is -2.24. The van der Waals surface area contributed by atoms with E-state index in [1.54, 1.807) is 11.0 Å². The van der Waals surface area contributed by atoms with Crippen LogP contribution in [-0.4, -0.2) is 45.2 Å². The van der Waals surface area contributed by atoms with Gasteiger partial charge in [0, 0.05) is 18.7 Å². The predicted octanol–water partition coefficient (Wildman–Crippen LogP) is 2.23. The number of para-hydroxylation sites is 1. The number of anilines is 1. The largest absolute Gasteiger partial charge is 0.394 e. The smallest absolute Gasteiger partial charge is 0.256 e. The molecule has 1 amide bonds. The number of nitrogens with zero attached hydrogens (tertiary/aromatic N) is 3. The summed E-state index contributed by atoms with van der Waals surface area (Å²) in [5.74, 6) is 1.14. The maximum Gasteiger partial charge on any atom is 0.256 e. The Bertz CT molecular complexity index is 716. The van der Waals surface area contributed by atoms with Crippen molar-refractivity contribution in [2.24, 2.45) is 0 Å². The van der Waals surface area contributed by atoms with Crippen molar-refractivity contribution in [1.82, 2.24) is 15.0 Å². The third-order valence-corrected chi connectivity index (χ3v) is 4.42. The molecular formula is C18H24N4O3. The lowest BCUT2D eigenvalue weighted by atomic mass is 10.1. The Labute approximate surface area is 147 Å². The van der Waals surface area contributed by atoms with E-state index >= 15 is 0 Å². The average molecular weight is 344 g/mol. The molecule has 0 aliphatic carbocycles. The average Bonchev–Trinajstić information content (AvgIpc) is 3.29. The predicted molar refractivity (Wildman–Crippen MR) is 93.2 cm³/mol. The van der Waals surface area contributed by atoms with Gasteiger partial charge in [-0.15, -0.1) is 0 Å². The molecule has 2 aromatic rings. The summed E-state index contributed by atoms with van der Waals surface area (Å²) in [5, 5.41) is 16.6. The van der Waals surface area contributed by atoms with E-state index in [1.165, 1.54) is 0 Å². The molecule has 134 valence electrons. The van der Waals surface area contributed by atoms with Gasteiger partial charge in [0.15, 0.2) is 5.82 Å². The fourth-order valence-electron chi connectivity index (χ4n) is 3.12. The fourth-order valence-corrected chi connectivity index (χ4v) is 3.12. The molecule has 1 fully saturated rings. The van der Waals surface area contributed by atoms with Crippen molar-refractivity contribution in [1.29, 1.82) is 0 Å². The van der Waals surface area contributed by atoms with Crippen molar-refractivity contribution in [3.05, 3.63) is 41.5 Å². The Morgan fingerprint density at radius 3 is 3.08 bits per heavy atom. The topological polar surface area (TPSA) is 91.5 Å². The first-order valence-corrected chi connectivity index (χ1v) is 8.79. The standard InChI is InChI=1S/C18H24N4O3/c1-2-6-17-20-16(21-25-17)11-19-15-9-4-3-8-14(15)18(24)22-10-5-7-13(22)12-23/h3-4,8-9,13,19,23H,2,5-7,10-12H2,1H3/t13-/m1/s1. The Kier molecular flexibility index (Phi) is 5.65. The van der Waals surface area contributed by atoms with Crippen LogP contribution < -0.4 is 5.32 Å². The Morgan fingerprint density at radius 2 is 2.28 bits per heavy atom. The third-order valence-electron chi connectivity index (χ3n) is 4.42. The Balaban J connectivity index is 1.71. The number of rotatable bonds is 7. The summed E-state index contributed by atoms with van der Waals surface area (Å²) in [7, 11) is 0. The van der Waals surface area contributed by atoms with Gasteiger partial charge in [0.1, 0.15) is 0 Å². The van der Waals surface area contributed by atoms with Crippen LogP contribution in [0, 0.1) is 0 Å². The molecule has 25 heavy (non-hydrogen) atoms. The Morgan fingerprint density at radius 1 is 1.44 bits per heavy atom. The van der Waals surface area contributed by atoms with Gasteiger partial charge in [-0.05, 0) is 31.4 Å². The van der Waals surface area contributed by atoms with E-state index in [1.807, 2.05) is 18.2 Å². The first-order valence-electron chi connectivity index (χ1n) is 8.79. The zero-order valence-corrected chi connectivity index (χ0v) is 14.4. The number of aryl methyl sites for hydroxylation is 1. The third kappa shape index (κ3) is 3.99. The van der Waals surface area contributed by atoms with E-state index in [9.17, 15) is 9.90 Å². The van der Waals surface area contributed by atoms with E-state index in [0.29, 0.717) is 30.4 Å². The monoisotopic (exact) mass is 344 g/mol. The minimum Gasteiger partial charge on any atom is -0.394 e. The minimum atomic E-state index is -0.0886. The number of amides is 1. The summed E-state index contributed by atoms with van der Waals surface area (Å²) in [6, 6.07) is 7.30. The summed E-state index contributed by atoms with van der Waals surface area (Å²) in [4.78, 5) is 18.9. The molecule has 0 radical (unpaired) electrons. The van der Waals surface area contributed by atoms with E-state index in [0.717, 1.165) is 31.4 Å². The van der Waals surface area contributed by atoms with Crippen LogP contribution in [-0.2, 0) is 13.0 Å². The van der Waals surface area contributed by atoms with Gasteiger partial charge in [0.2, 0.25) is 5.89 Å². The molecular weight excluding hydrogens is 320 g/mol. The fraction of sp³-hybridized carbons (Fsp3) is 0.500. The molecule has 3 rings (SSSR count). The molecule has 2 N–H and O–H groups in total. The second-order valence-electron chi connectivity index (χ2n) is 6.23. The second kappa shape index (κ2) is 8.11. The van der Waals surface area contributed by atoms with Crippen molar-refractivity contribution in [2.75, 3.05) is 18.5 Å². The van der Waals surface area contributed by atoms with Gasteiger partial charge in [0.25, 0.3) is 5.91 Å². The van der Waals surface area contributed by atoms with Crippen molar-refractivity contribution in [3.63, 3.8) is 0 Å². The number of aliphatic hydroxyl groups is 1. The maximum absolute atomic E-state index is 12.9. The molecule has 1 aliphatic heterocycles. The summed E-state index contributed by atoms with van der Waals surface area (Å²) < 4.78 is 5.18. The van der Waals surface area contributed by atoms with Gasteiger partial charge in [0.05, 0.1) is 24.8 Å². The van der Waals surface area contributed by atoms with Crippen molar-refractivity contribution >= 4 is 11.6 Å². The van der Waals surface area contributed by atoms with Gasteiger partial charge in [-0.25, -0.2) is 0 Å². The number of hydrogen-bond acceptors (Lipinski definition) is 6. The highest BCUT2D eigenvalue weighted by molar-refractivity contribution is 5.99. The molecule has 2 heterocycles. The molecule has 7 heteroatoms. The summed E-state index contributed by atoms with van der Waals surface area (Å²) in [6.45, 7) is 3.14. The molecule has 0 spiro atoms. The number of nitrogens with one attached hydrogen (secondary N) is 1. The van der Waals surface area contributed by atoms with E-state index in [2.05, 4.69) is 22.4 Å². The summed E-state index contributed by atoms with van der Waals surface area (Å²) in [6.07, 6.45) is 3.49. The van der Waals surface area contributed by atoms with Gasteiger partial charge in [-0.2, -0.15) is 4.98 Å². The maximum atomic E-state index is 12.9. The van der Waals surface area contributed by atoms with Gasteiger partial charge < -0.3 is 19.8 Å². The summed E-state index contributed by atoms with van der Waals surface area (Å²) in [5.41, 5.74) is 1.33. The Hall–Kier alpha value is -2.41. The lowest BCUT2D eigenvalue weighted by Crippen LogP contribution is -2.37. The van der Waals surface area contributed by atoms with Crippen molar-refractivity contribution < 1.29 is 14.4 Å². The number of aliphatic hydroxyl groups excluding tert-OH is 1. The molecule has 1 atom stereocenters. The number of aromatic nitrogens is 2. The molecule has 0 saturated carbocycles. The molecule has 0 unspecified atom stereocenters. The first-order chi connectivity index (χ1) is 12.2. The van der Waals surface area contributed by atoms with Crippen LogP contribution in [0.3, 0.4) is 0 Å². The number of likely N-dealkylation sites (tertiary alicyclic amines) is 1. The molecule has 1 saturated heterocycles. The van der Waals surface area contributed by atoms with Crippen LogP contribution in [0.2, 0.25) is 0 Å². The normalized spacial score (nSPS) is 17.0. The minimum absolute atomic E-state index is 0.00437. The number of carbonyl (C=O) groups excluding carboxylic acids is 1. The van der Waals surface area contributed by atoms with Crippen LogP contribution >= 0.6 is 0 Å². The first kappa shape index (κ1) is 17.4. The number of benzene rings is 1. The highest BCUT2D eigenvalue weighted by atomic mass is 16.5. The van der Waals surface area contributed by atoms with E-state index in [-0.39, 0.29) is 18.6 Å². The summed E-state index contributed by atoms with van der Waals surface area (Å²) >= 11 is 0. The number of carbonyl (C=O) groups is 1. The van der Waals surface area contributed by atoms with Gasteiger partial charge in [-0.1, -0.05) is 24.2 Å². The molecule has 7 nitrogen and oxygen atoms in total. The zero-order valence-electron chi connectivity index (χ0n) is 14.4. The van der Waals surface area contributed by atoms with Crippen LogP contribution in [0.25, 0.3) is 0 Å². The van der Waals surface area contributed by atoms with Crippen LogP contribution in [0.15, 0.2) is 28.8 Å². The van der Waals surface area contributed by atoms with Crippen LogP contribution in [0.5, 0.6) is 0 Å². The number of hydrogen-bond donors (Lipinski definition) is 2. The van der Waals surface area contributed by atoms with E-state index < -0.39 is 0 Å².